The van der Waals surface area contributed by atoms with Crippen molar-refractivity contribution < 1.29 is 19.1 Å². The molecule has 6 nitrogen and oxygen atoms in total. The first-order valence-corrected chi connectivity index (χ1v) is 13.2. The van der Waals surface area contributed by atoms with Gasteiger partial charge in [0, 0.05) is 17.1 Å². The highest BCUT2D eigenvalue weighted by Crippen LogP contribution is 2.45. The fourth-order valence-corrected chi connectivity index (χ4v) is 6.05. The van der Waals surface area contributed by atoms with E-state index in [1.165, 1.54) is 11.8 Å². The van der Waals surface area contributed by atoms with Crippen molar-refractivity contribution in [3.8, 4) is 11.5 Å². The van der Waals surface area contributed by atoms with Crippen molar-refractivity contribution in [2.75, 3.05) is 25.7 Å². The maximum Gasteiger partial charge on any atom is 0.267 e. The van der Waals surface area contributed by atoms with Crippen molar-refractivity contribution >= 4 is 63.0 Å². The van der Waals surface area contributed by atoms with Gasteiger partial charge in [-0.1, -0.05) is 78.0 Å². The van der Waals surface area contributed by atoms with Crippen LogP contribution >= 0.6 is 35.6 Å². The number of benzene rings is 3. The van der Waals surface area contributed by atoms with Gasteiger partial charge in [-0.3, -0.25) is 14.5 Å². The molecule has 3 aromatic carbocycles. The molecule has 5 rings (SSSR count). The number of carbonyl (C=O) groups is 2. The van der Waals surface area contributed by atoms with Gasteiger partial charge in [0.15, 0.2) is 11.5 Å². The van der Waals surface area contributed by atoms with Gasteiger partial charge in [0.25, 0.3) is 11.8 Å². The number of methoxy groups -OCH3 is 2. The third-order valence-corrected chi connectivity index (χ3v) is 8.17. The van der Waals surface area contributed by atoms with Crippen LogP contribution in [-0.4, -0.2) is 41.8 Å². The minimum atomic E-state index is -0.256. The number of carbonyl (C=O) groups excluding carboxylic acids is 2. The molecular formula is C28H23ClN2O4S2. The van der Waals surface area contributed by atoms with Crippen LogP contribution in [-0.2, 0) is 22.6 Å². The number of thiocarbonyl (C=S) groups is 1. The van der Waals surface area contributed by atoms with Gasteiger partial charge in [-0.25, -0.2) is 0 Å². The molecule has 0 aliphatic carbocycles. The van der Waals surface area contributed by atoms with Crippen LogP contribution in [0.3, 0.4) is 0 Å². The van der Waals surface area contributed by atoms with Crippen LogP contribution in [0.4, 0.5) is 5.69 Å². The van der Waals surface area contributed by atoms with E-state index in [2.05, 4.69) is 0 Å². The largest absolute Gasteiger partial charge is 0.493 e. The normalized spacial score (nSPS) is 17.0. The molecule has 0 aromatic heterocycles. The fraction of sp³-hybridized carbons (Fsp3) is 0.179. The molecule has 37 heavy (non-hydrogen) atoms. The van der Waals surface area contributed by atoms with Gasteiger partial charge in [-0.05, 0) is 41.8 Å². The number of ether oxygens (including phenoxy) is 2. The lowest BCUT2D eigenvalue weighted by Crippen LogP contribution is -2.31. The quantitative estimate of drug-likeness (QED) is 0.277. The minimum Gasteiger partial charge on any atom is -0.493 e. The zero-order valence-electron chi connectivity index (χ0n) is 20.2. The molecule has 2 heterocycles. The number of rotatable bonds is 7. The molecule has 1 saturated heterocycles. The zero-order valence-corrected chi connectivity index (χ0v) is 22.6. The number of anilines is 1. The predicted molar refractivity (Wildman–Crippen MR) is 151 cm³/mol. The van der Waals surface area contributed by atoms with Crippen molar-refractivity contribution in [3.63, 3.8) is 0 Å². The maximum absolute atomic E-state index is 13.7. The molecule has 9 heteroatoms. The van der Waals surface area contributed by atoms with Gasteiger partial charge < -0.3 is 14.4 Å². The van der Waals surface area contributed by atoms with Crippen LogP contribution < -0.4 is 14.4 Å². The topological polar surface area (TPSA) is 59.1 Å². The first-order chi connectivity index (χ1) is 17.9. The van der Waals surface area contributed by atoms with Crippen LogP contribution in [0.2, 0.25) is 5.02 Å². The highest BCUT2D eigenvalue weighted by Gasteiger charge is 2.41. The Kier molecular flexibility index (Phi) is 7.24. The van der Waals surface area contributed by atoms with E-state index in [4.69, 9.17) is 33.3 Å². The Morgan fingerprint density at radius 3 is 2.38 bits per heavy atom. The molecule has 0 atom stereocenters. The van der Waals surface area contributed by atoms with E-state index < -0.39 is 0 Å². The number of hydrogen-bond donors (Lipinski definition) is 0. The van der Waals surface area contributed by atoms with E-state index in [0.717, 1.165) is 22.4 Å². The lowest BCUT2D eigenvalue weighted by atomic mass is 10.1. The van der Waals surface area contributed by atoms with Crippen LogP contribution in [0.25, 0.3) is 5.57 Å². The summed E-state index contributed by atoms with van der Waals surface area (Å²) >= 11 is 13.1. The first kappa shape index (κ1) is 25.3. The number of hydrogen-bond acceptors (Lipinski definition) is 6. The lowest BCUT2D eigenvalue weighted by molar-refractivity contribution is -0.122. The highest BCUT2D eigenvalue weighted by atomic mass is 35.5. The van der Waals surface area contributed by atoms with Crippen molar-refractivity contribution in [3.05, 3.63) is 93.3 Å². The average Bonchev–Trinajstić information content (AvgIpc) is 3.35. The summed E-state index contributed by atoms with van der Waals surface area (Å²) in [5.41, 5.74) is 3.66. The van der Waals surface area contributed by atoms with Crippen LogP contribution in [0.15, 0.2) is 71.6 Å². The van der Waals surface area contributed by atoms with Gasteiger partial charge in [0.05, 0.1) is 36.9 Å². The summed E-state index contributed by atoms with van der Waals surface area (Å²) in [4.78, 5) is 30.8. The predicted octanol–water partition coefficient (Wildman–Crippen LogP) is 5.72. The Bertz CT molecular complexity index is 1460. The Balaban J connectivity index is 1.42. The number of fused-ring (bicyclic) bond motifs is 1. The van der Waals surface area contributed by atoms with E-state index >= 15 is 0 Å². The third-order valence-electron chi connectivity index (χ3n) is 6.36. The summed E-state index contributed by atoms with van der Waals surface area (Å²) in [6, 6.07) is 20.6. The summed E-state index contributed by atoms with van der Waals surface area (Å²) in [6.07, 6.45) is 0.568. The van der Waals surface area contributed by atoms with Gasteiger partial charge in [0.1, 0.15) is 4.32 Å². The molecule has 3 aromatic rings. The molecule has 0 bridgehead atoms. The van der Waals surface area contributed by atoms with E-state index in [1.54, 1.807) is 30.1 Å². The highest BCUT2D eigenvalue weighted by molar-refractivity contribution is 8.26. The molecule has 0 unspecified atom stereocenters. The van der Waals surface area contributed by atoms with Crippen LogP contribution in [0.1, 0.15) is 16.7 Å². The Morgan fingerprint density at radius 1 is 0.892 bits per heavy atom. The summed E-state index contributed by atoms with van der Waals surface area (Å²) in [5, 5.41) is 0.586. The average molecular weight is 551 g/mol. The molecule has 0 radical (unpaired) electrons. The van der Waals surface area contributed by atoms with Crippen molar-refractivity contribution in [1.82, 2.24) is 4.90 Å². The summed E-state index contributed by atoms with van der Waals surface area (Å²) in [5.74, 6) is 0.773. The summed E-state index contributed by atoms with van der Waals surface area (Å²) < 4.78 is 11.1. The Hall–Kier alpha value is -3.33. The monoisotopic (exact) mass is 550 g/mol. The van der Waals surface area contributed by atoms with E-state index in [1.807, 2.05) is 60.7 Å². The molecule has 188 valence electrons. The van der Waals surface area contributed by atoms with Crippen LogP contribution in [0, 0.1) is 0 Å². The second kappa shape index (κ2) is 10.6. The van der Waals surface area contributed by atoms with Crippen molar-refractivity contribution in [1.29, 1.82) is 0 Å². The molecule has 0 N–H and O–H groups in total. The number of amides is 2. The van der Waals surface area contributed by atoms with Crippen LogP contribution in [0.5, 0.6) is 11.5 Å². The van der Waals surface area contributed by atoms with E-state index in [-0.39, 0.29) is 11.8 Å². The number of thioether (sulfide) groups is 1. The zero-order chi connectivity index (χ0) is 26.1. The van der Waals surface area contributed by atoms with Gasteiger partial charge in [-0.15, -0.1) is 0 Å². The summed E-state index contributed by atoms with van der Waals surface area (Å²) in [7, 11) is 3.17. The fourth-order valence-electron chi connectivity index (χ4n) is 4.47. The Morgan fingerprint density at radius 2 is 1.62 bits per heavy atom. The van der Waals surface area contributed by atoms with Crippen molar-refractivity contribution in [2.45, 2.75) is 13.0 Å². The summed E-state index contributed by atoms with van der Waals surface area (Å²) in [6.45, 7) is 0.689. The van der Waals surface area contributed by atoms with Gasteiger partial charge in [0.2, 0.25) is 0 Å². The molecule has 2 aliphatic rings. The smallest absolute Gasteiger partial charge is 0.267 e. The second-order valence-electron chi connectivity index (χ2n) is 8.47. The molecule has 1 fully saturated rings. The molecule has 0 saturated carbocycles. The number of nitrogens with zero attached hydrogens (tertiary/aromatic N) is 2. The maximum atomic E-state index is 13.7. The standard InChI is InChI=1S/C28H23ClN2O4S2/c1-34-22-12-11-17(15-23(22)35-2)13-14-30-27(33)25(37-28(30)36)24-19-8-4-6-10-21(19)31(26(24)32)16-18-7-3-5-9-20(18)29/h3-12,15H,13-14,16H2,1-2H3/b25-24+. The molecule has 2 amide bonds. The van der Waals surface area contributed by atoms with Gasteiger partial charge >= 0.3 is 0 Å². The minimum absolute atomic E-state index is 0.235. The van der Waals surface area contributed by atoms with Crippen molar-refractivity contribution in [2.24, 2.45) is 0 Å². The second-order valence-corrected chi connectivity index (χ2v) is 10.5. The molecule has 2 aliphatic heterocycles. The molecule has 0 spiro atoms. The lowest BCUT2D eigenvalue weighted by Gasteiger charge is -2.18. The number of para-hydroxylation sites is 1. The molecular weight excluding hydrogens is 528 g/mol. The third kappa shape index (κ3) is 4.72. The first-order valence-electron chi connectivity index (χ1n) is 11.6. The SMILES string of the molecule is COc1ccc(CCN2C(=O)/C(=C3\C(=O)N(Cc4ccccc4Cl)c4ccccc43)SC2=S)cc1OC. The number of halogens is 1. The van der Waals surface area contributed by atoms with Gasteiger partial charge in [-0.2, -0.15) is 0 Å². The van der Waals surface area contributed by atoms with E-state index in [0.29, 0.717) is 50.8 Å². The Labute approximate surface area is 229 Å². The van der Waals surface area contributed by atoms with E-state index in [9.17, 15) is 9.59 Å².